The Morgan fingerprint density at radius 3 is 2.18 bits per heavy atom. The largest absolute Gasteiger partial charge is 0.475 e. The SMILES string of the molecule is O=C(O)c1ccc(-c2c(F)cc(F)cc2F)o1. The number of aromatic carboxylic acids is 1. The number of carboxylic acid groups (broad SMARTS) is 1. The van der Waals surface area contributed by atoms with Crippen LogP contribution in [-0.4, -0.2) is 11.1 Å². The summed E-state index contributed by atoms with van der Waals surface area (Å²) in [6.45, 7) is 0. The molecule has 88 valence electrons. The summed E-state index contributed by atoms with van der Waals surface area (Å²) < 4.78 is 44.0. The number of benzene rings is 1. The van der Waals surface area contributed by atoms with Gasteiger partial charge in [0.1, 0.15) is 23.2 Å². The Labute approximate surface area is 93.1 Å². The Bertz CT molecular complexity index is 566. The summed E-state index contributed by atoms with van der Waals surface area (Å²) in [5, 5.41) is 8.59. The molecular formula is C11H5F3O3. The van der Waals surface area contributed by atoms with Gasteiger partial charge in [-0.05, 0) is 12.1 Å². The fourth-order valence-electron chi connectivity index (χ4n) is 1.36. The van der Waals surface area contributed by atoms with Crippen molar-refractivity contribution in [2.45, 2.75) is 0 Å². The molecule has 0 amide bonds. The predicted octanol–water partition coefficient (Wildman–Crippen LogP) is 3.06. The average molecular weight is 242 g/mol. The molecule has 0 aliphatic carbocycles. The van der Waals surface area contributed by atoms with E-state index in [1.54, 1.807) is 0 Å². The molecule has 2 aromatic rings. The van der Waals surface area contributed by atoms with Crippen molar-refractivity contribution in [2.75, 3.05) is 0 Å². The first-order chi connectivity index (χ1) is 7.99. The second-order valence-corrected chi connectivity index (χ2v) is 3.21. The van der Waals surface area contributed by atoms with Gasteiger partial charge in [-0.25, -0.2) is 18.0 Å². The number of hydrogen-bond donors (Lipinski definition) is 1. The van der Waals surface area contributed by atoms with E-state index >= 15 is 0 Å². The molecule has 1 N–H and O–H groups in total. The highest BCUT2D eigenvalue weighted by atomic mass is 19.1. The van der Waals surface area contributed by atoms with E-state index in [4.69, 9.17) is 9.52 Å². The highest BCUT2D eigenvalue weighted by Crippen LogP contribution is 2.28. The summed E-state index contributed by atoms with van der Waals surface area (Å²) in [6, 6.07) is 3.13. The molecule has 0 aliphatic rings. The van der Waals surface area contributed by atoms with Gasteiger partial charge in [0.15, 0.2) is 0 Å². The van der Waals surface area contributed by atoms with E-state index < -0.39 is 34.7 Å². The summed E-state index contributed by atoms with van der Waals surface area (Å²) >= 11 is 0. The van der Waals surface area contributed by atoms with Crippen molar-refractivity contribution in [3.05, 3.63) is 47.5 Å². The van der Waals surface area contributed by atoms with Crippen LogP contribution in [0.15, 0.2) is 28.7 Å². The molecule has 1 heterocycles. The van der Waals surface area contributed by atoms with Crippen LogP contribution < -0.4 is 0 Å². The van der Waals surface area contributed by atoms with Crippen molar-refractivity contribution >= 4 is 5.97 Å². The average Bonchev–Trinajstić information content (AvgIpc) is 2.65. The molecule has 0 radical (unpaired) electrons. The van der Waals surface area contributed by atoms with E-state index in [9.17, 15) is 18.0 Å². The van der Waals surface area contributed by atoms with Gasteiger partial charge in [0, 0.05) is 12.1 Å². The third-order valence-corrected chi connectivity index (χ3v) is 2.07. The maximum atomic E-state index is 13.3. The van der Waals surface area contributed by atoms with E-state index in [0.29, 0.717) is 12.1 Å². The Morgan fingerprint density at radius 2 is 1.71 bits per heavy atom. The molecular weight excluding hydrogens is 237 g/mol. The quantitative estimate of drug-likeness (QED) is 0.880. The topological polar surface area (TPSA) is 50.4 Å². The summed E-state index contributed by atoms with van der Waals surface area (Å²) in [5.74, 6) is -5.50. The molecule has 0 atom stereocenters. The summed E-state index contributed by atoms with van der Waals surface area (Å²) in [5.41, 5.74) is -0.598. The first-order valence-corrected chi connectivity index (χ1v) is 4.47. The van der Waals surface area contributed by atoms with Crippen LogP contribution in [0.2, 0.25) is 0 Å². The van der Waals surface area contributed by atoms with Crippen molar-refractivity contribution < 1.29 is 27.5 Å². The van der Waals surface area contributed by atoms with Crippen LogP contribution in [-0.2, 0) is 0 Å². The number of furan rings is 1. The lowest BCUT2D eigenvalue weighted by Gasteiger charge is -2.01. The van der Waals surface area contributed by atoms with E-state index in [1.807, 2.05) is 0 Å². The van der Waals surface area contributed by atoms with Crippen LogP contribution in [0.25, 0.3) is 11.3 Å². The van der Waals surface area contributed by atoms with Crippen LogP contribution in [0.3, 0.4) is 0 Å². The van der Waals surface area contributed by atoms with Gasteiger partial charge in [0.05, 0.1) is 5.56 Å². The Morgan fingerprint density at radius 1 is 1.12 bits per heavy atom. The highest BCUT2D eigenvalue weighted by molar-refractivity contribution is 5.85. The van der Waals surface area contributed by atoms with Gasteiger partial charge in [-0.2, -0.15) is 0 Å². The van der Waals surface area contributed by atoms with Gasteiger partial charge in [0.25, 0.3) is 0 Å². The molecule has 0 unspecified atom stereocenters. The third-order valence-electron chi connectivity index (χ3n) is 2.07. The third kappa shape index (κ3) is 2.01. The first-order valence-electron chi connectivity index (χ1n) is 4.47. The van der Waals surface area contributed by atoms with Crippen LogP contribution >= 0.6 is 0 Å². The molecule has 2 rings (SSSR count). The normalized spacial score (nSPS) is 10.5. The fraction of sp³-hybridized carbons (Fsp3) is 0. The lowest BCUT2D eigenvalue weighted by atomic mass is 10.1. The van der Waals surface area contributed by atoms with Gasteiger partial charge in [-0.15, -0.1) is 0 Å². The van der Waals surface area contributed by atoms with E-state index in [-0.39, 0.29) is 5.76 Å². The van der Waals surface area contributed by atoms with Crippen molar-refractivity contribution in [3.8, 4) is 11.3 Å². The zero-order valence-corrected chi connectivity index (χ0v) is 8.21. The van der Waals surface area contributed by atoms with E-state index in [0.717, 1.165) is 12.1 Å². The summed E-state index contributed by atoms with van der Waals surface area (Å²) in [7, 11) is 0. The van der Waals surface area contributed by atoms with Crippen molar-refractivity contribution in [1.82, 2.24) is 0 Å². The lowest BCUT2D eigenvalue weighted by molar-refractivity contribution is 0.0663. The van der Waals surface area contributed by atoms with Gasteiger partial charge >= 0.3 is 5.97 Å². The first kappa shape index (κ1) is 11.3. The molecule has 1 aromatic heterocycles. The second kappa shape index (κ2) is 3.97. The number of carboxylic acids is 1. The van der Waals surface area contributed by atoms with Crippen LogP contribution in [0.4, 0.5) is 13.2 Å². The zero-order valence-electron chi connectivity index (χ0n) is 8.21. The Kier molecular flexibility index (Phi) is 2.63. The molecule has 17 heavy (non-hydrogen) atoms. The van der Waals surface area contributed by atoms with Crippen LogP contribution in [0, 0.1) is 17.5 Å². The molecule has 0 fully saturated rings. The van der Waals surface area contributed by atoms with Crippen molar-refractivity contribution in [1.29, 1.82) is 0 Å². The maximum absolute atomic E-state index is 13.3. The molecule has 0 spiro atoms. The number of rotatable bonds is 2. The summed E-state index contributed by atoms with van der Waals surface area (Å²) in [6.07, 6.45) is 0. The standard InChI is InChI=1S/C11H5F3O3/c12-5-3-6(13)10(7(14)4-5)8-1-2-9(17-8)11(15)16/h1-4H,(H,15,16). The number of hydrogen-bond acceptors (Lipinski definition) is 2. The highest BCUT2D eigenvalue weighted by Gasteiger charge is 2.18. The zero-order chi connectivity index (χ0) is 12.6. The molecule has 0 aliphatic heterocycles. The molecule has 0 saturated heterocycles. The van der Waals surface area contributed by atoms with Crippen molar-refractivity contribution in [2.24, 2.45) is 0 Å². The number of carbonyl (C=O) groups is 1. The van der Waals surface area contributed by atoms with Crippen LogP contribution in [0.5, 0.6) is 0 Å². The summed E-state index contributed by atoms with van der Waals surface area (Å²) in [4.78, 5) is 10.5. The predicted molar refractivity (Wildman–Crippen MR) is 51.0 cm³/mol. The van der Waals surface area contributed by atoms with Crippen LogP contribution in [0.1, 0.15) is 10.6 Å². The van der Waals surface area contributed by atoms with Gasteiger partial charge < -0.3 is 9.52 Å². The van der Waals surface area contributed by atoms with Gasteiger partial charge in [-0.1, -0.05) is 0 Å². The minimum absolute atomic E-state index is 0.308. The molecule has 0 saturated carbocycles. The van der Waals surface area contributed by atoms with Gasteiger partial charge in [0.2, 0.25) is 5.76 Å². The molecule has 3 nitrogen and oxygen atoms in total. The Hall–Kier alpha value is -2.24. The molecule has 1 aromatic carbocycles. The molecule has 0 bridgehead atoms. The second-order valence-electron chi connectivity index (χ2n) is 3.21. The molecule has 6 heteroatoms. The van der Waals surface area contributed by atoms with E-state index in [2.05, 4.69) is 0 Å². The van der Waals surface area contributed by atoms with E-state index in [1.165, 1.54) is 0 Å². The lowest BCUT2D eigenvalue weighted by Crippen LogP contribution is -1.93. The minimum atomic E-state index is -1.36. The maximum Gasteiger partial charge on any atom is 0.371 e. The van der Waals surface area contributed by atoms with Crippen molar-refractivity contribution in [3.63, 3.8) is 0 Å². The Balaban J connectivity index is 2.56. The number of halogens is 3. The minimum Gasteiger partial charge on any atom is -0.475 e. The monoisotopic (exact) mass is 242 g/mol. The smallest absolute Gasteiger partial charge is 0.371 e. The fourth-order valence-corrected chi connectivity index (χ4v) is 1.36. The van der Waals surface area contributed by atoms with Gasteiger partial charge in [-0.3, -0.25) is 0 Å².